The number of amides is 2. The van der Waals surface area contributed by atoms with E-state index in [4.69, 9.17) is 14.2 Å². The summed E-state index contributed by atoms with van der Waals surface area (Å²) in [6.07, 6.45) is 3.25. The van der Waals surface area contributed by atoms with E-state index < -0.39 is 6.29 Å². The molecular weight excluding hydrogens is 673 g/mol. The van der Waals surface area contributed by atoms with Crippen molar-refractivity contribution in [1.82, 2.24) is 15.3 Å². The van der Waals surface area contributed by atoms with Gasteiger partial charge in [-0.25, -0.2) is 14.8 Å². The number of hydrogen-bond donors (Lipinski definition) is 3. The zero-order chi connectivity index (χ0) is 35.5. The molecule has 2 heterocycles. The SMILES string of the molecule is O=C(NCc1cccc(-c2cccc(C3OC(CSc4ncccn4)CC(c4ccc(CO)cc4)O3)c2)c1)Nc1ccc(Oc2ccccc2)cc1. The van der Waals surface area contributed by atoms with Gasteiger partial charge in [0, 0.05) is 42.4 Å². The molecule has 1 fully saturated rings. The van der Waals surface area contributed by atoms with Crippen molar-refractivity contribution < 1.29 is 24.1 Å². The Morgan fingerprint density at radius 1 is 0.750 bits per heavy atom. The molecule has 2 amide bonds. The van der Waals surface area contributed by atoms with Crippen LogP contribution in [0.2, 0.25) is 0 Å². The first-order chi connectivity index (χ1) is 25.6. The summed E-state index contributed by atoms with van der Waals surface area (Å²) in [4.78, 5) is 21.5. The van der Waals surface area contributed by atoms with Gasteiger partial charge in [-0.05, 0) is 82.4 Å². The van der Waals surface area contributed by atoms with Gasteiger partial charge in [-0.2, -0.15) is 0 Å². The highest BCUT2D eigenvalue weighted by Crippen LogP contribution is 2.40. The van der Waals surface area contributed by atoms with Crippen molar-refractivity contribution in [2.75, 3.05) is 11.1 Å². The van der Waals surface area contributed by atoms with Crippen molar-refractivity contribution in [3.63, 3.8) is 0 Å². The average molecular weight is 711 g/mol. The largest absolute Gasteiger partial charge is 0.457 e. The van der Waals surface area contributed by atoms with Crippen LogP contribution in [-0.4, -0.2) is 33.0 Å². The highest BCUT2D eigenvalue weighted by Gasteiger charge is 2.32. The normalized spacial score (nSPS) is 16.9. The van der Waals surface area contributed by atoms with Crippen LogP contribution in [0.5, 0.6) is 11.5 Å². The van der Waals surface area contributed by atoms with Crippen LogP contribution in [0.4, 0.5) is 10.5 Å². The van der Waals surface area contributed by atoms with Gasteiger partial charge < -0.3 is 30.0 Å². The van der Waals surface area contributed by atoms with E-state index >= 15 is 0 Å². The summed E-state index contributed by atoms with van der Waals surface area (Å²) in [7, 11) is 0. The van der Waals surface area contributed by atoms with Crippen LogP contribution in [0.3, 0.4) is 0 Å². The molecule has 262 valence electrons. The Labute approximate surface area is 307 Å². The molecule has 0 aliphatic carbocycles. The number of carbonyl (C=O) groups is 1. The summed E-state index contributed by atoms with van der Waals surface area (Å²) < 4.78 is 19.0. The Kier molecular flexibility index (Phi) is 11.5. The number of anilines is 1. The van der Waals surface area contributed by atoms with Gasteiger partial charge in [-0.15, -0.1) is 0 Å². The molecule has 52 heavy (non-hydrogen) atoms. The van der Waals surface area contributed by atoms with Crippen LogP contribution in [0, 0.1) is 0 Å². The number of nitrogens with one attached hydrogen (secondary N) is 2. The number of urea groups is 1. The molecule has 7 rings (SSSR count). The predicted molar refractivity (Wildman–Crippen MR) is 202 cm³/mol. The number of hydrogen-bond acceptors (Lipinski definition) is 8. The third-order valence-electron chi connectivity index (χ3n) is 8.52. The lowest BCUT2D eigenvalue weighted by Gasteiger charge is -2.36. The zero-order valence-corrected chi connectivity index (χ0v) is 29.1. The minimum Gasteiger partial charge on any atom is -0.457 e. The van der Waals surface area contributed by atoms with Crippen molar-refractivity contribution in [3.8, 4) is 22.6 Å². The minimum absolute atomic E-state index is 0.00832. The van der Waals surface area contributed by atoms with Gasteiger partial charge in [0.25, 0.3) is 0 Å². The van der Waals surface area contributed by atoms with Crippen molar-refractivity contribution in [2.45, 2.75) is 43.2 Å². The predicted octanol–water partition coefficient (Wildman–Crippen LogP) is 9.09. The smallest absolute Gasteiger partial charge is 0.319 e. The highest BCUT2D eigenvalue weighted by molar-refractivity contribution is 7.99. The van der Waals surface area contributed by atoms with Gasteiger partial charge in [0.05, 0.1) is 18.8 Å². The molecule has 10 heteroatoms. The lowest BCUT2D eigenvalue weighted by Crippen LogP contribution is -2.31. The first-order valence-electron chi connectivity index (χ1n) is 17.1. The molecule has 1 saturated heterocycles. The van der Waals surface area contributed by atoms with E-state index in [-0.39, 0.29) is 24.8 Å². The molecule has 9 nitrogen and oxygen atoms in total. The molecule has 0 bridgehead atoms. The van der Waals surface area contributed by atoms with Gasteiger partial charge in [0.2, 0.25) is 0 Å². The Bertz CT molecular complexity index is 2050. The number of nitrogens with zero attached hydrogens (tertiary/aromatic N) is 2. The lowest BCUT2D eigenvalue weighted by molar-refractivity contribution is -0.245. The number of thioether (sulfide) groups is 1. The van der Waals surface area contributed by atoms with Crippen LogP contribution in [0.25, 0.3) is 11.1 Å². The molecule has 0 radical (unpaired) electrons. The van der Waals surface area contributed by atoms with Gasteiger partial charge in [0.15, 0.2) is 11.4 Å². The number of ether oxygens (including phenoxy) is 3. The maximum absolute atomic E-state index is 12.8. The zero-order valence-electron chi connectivity index (χ0n) is 28.3. The molecule has 0 spiro atoms. The van der Waals surface area contributed by atoms with Crippen LogP contribution in [0.15, 0.2) is 151 Å². The van der Waals surface area contributed by atoms with Crippen LogP contribution >= 0.6 is 11.8 Å². The Balaban J connectivity index is 0.999. The molecule has 5 aromatic carbocycles. The number of para-hydroxylation sites is 1. The third kappa shape index (κ3) is 9.42. The molecule has 6 aromatic rings. The Hall–Kier alpha value is -5.52. The fraction of sp³-hybridized carbons (Fsp3) is 0.167. The van der Waals surface area contributed by atoms with E-state index in [1.807, 2.05) is 91.0 Å². The van der Waals surface area contributed by atoms with Crippen LogP contribution < -0.4 is 15.4 Å². The molecule has 1 aliphatic rings. The molecule has 3 unspecified atom stereocenters. The molecule has 3 atom stereocenters. The van der Waals surface area contributed by atoms with E-state index in [1.165, 1.54) is 0 Å². The molecular formula is C42H38N4O5S. The summed E-state index contributed by atoms with van der Waals surface area (Å²) >= 11 is 1.56. The topological polar surface area (TPSA) is 115 Å². The summed E-state index contributed by atoms with van der Waals surface area (Å²) in [6.45, 7) is 0.344. The van der Waals surface area contributed by atoms with Crippen molar-refractivity contribution in [1.29, 1.82) is 0 Å². The third-order valence-corrected chi connectivity index (χ3v) is 9.53. The molecule has 0 saturated carbocycles. The van der Waals surface area contributed by atoms with E-state index in [9.17, 15) is 9.90 Å². The van der Waals surface area contributed by atoms with Gasteiger partial charge in [-0.1, -0.05) is 90.6 Å². The first-order valence-corrected chi connectivity index (χ1v) is 18.0. The summed E-state index contributed by atoms with van der Waals surface area (Å²) in [5.74, 6) is 2.11. The number of carbonyl (C=O) groups excluding carboxylic acids is 1. The maximum atomic E-state index is 12.8. The van der Waals surface area contributed by atoms with E-state index in [0.29, 0.717) is 35.3 Å². The quantitative estimate of drug-likeness (QED) is 0.0852. The first kappa shape index (κ1) is 34.9. The molecule has 1 aliphatic heterocycles. The fourth-order valence-electron chi connectivity index (χ4n) is 5.86. The van der Waals surface area contributed by atoms with Crippen molar-refractivity contribution >= 4 is 23.5 Å². The second-order valence-corrected chi connectivity index (χ2v) is 13.3. The van der Waals surface area contributed by atoms with E-state index in [1.54, 1.807) is 42.4 Å². The Morgan fingerprint density at radius 3 is 2.25 bits per heavy atom. The summed E-state index contributed by atoms with van der Waals surface area (Å²) in [5.41, 5.74) is 6.43. The molecule has 1 aromatic heterocycles. The fourth-order valence-corrected chi connectivity index (χ4v) is 6.68. The summed E-state index contributed by atoms with van der Waals surface area (Å²) in [5, 5.41) is 16.1. The average Bonchev–Trinajstić information content (AvgIpc) is 3.21. The number of benzene rings is 5. The van der Waals surface area contributed by atoms with E-state index in [2.05, 4.69) is 44.9 Å². The summed E-state index contributed by atoms with van der Waals surface area (Å²) in [6, 6.07) is 42.4. The minimum atomic E-state index is -0.592. The van der Waals surface area contributed by atoms with Gasteiger partial charge >= 0.3 is 6.03 Å². The van der Waals surface area contributed by atoms with Gasteiger partial charge in [0.1, 0.15) is 11.5 Å². The highest BCUT2D eigenvalue weighted by atomic mass is 32.2. The second kappa shape index (κ2) is 17.1. The standard InChI is InChI=1S/C42H38N4O5S/c47-27-29-13-15-31(16-14-29)39-25-38(28-52-42-43-21-6-22-44-42)50-40(51-39)34-10-5-9-33(24-34)32-8-4-7-30(23-32)26-45-41(48)46-35-17-19-37(20-18-35)49-36-11-2-1-3-12-36/h1-24,38-40,47H,25-28H2,(H2,45,46,48). The second-order valence-electron chi connectivity index (χ2n) is 12.3. The van der Waals surface area contributed by atoms with Crippen molar-refractivity contribution in [2.24, 2.45) is 0 Å². The monoisotopic (exact) mass is 710 g/mol. The number of rotatable bonds is 12. The Morgan fingerprint density at radius 2 is 1.48 bits per heavy atom. The van der Waals surface area contributed by atoms with Crippen LogP contribution in [0.1, 0.15) is 41.1 Å². The van der Waals surface area contributed by atoms with Crippen LogP contribution in [-0.2, 0) is 22.6 Å². The number of aliphatic hydroxyl groups is 1. The maximum Gasteiger partial charge on any atom is 0.319 e. The van der Waals surface area contributed by atoms with Crippen molar-refractivity contribution in [3.05, 3.63) is 168 Å². The lowest BCUT2D eigenvalue weighted by atomic mass is 9.99. The number of aromatic nitrogens is 2. The molecule has 3 N–H and O–H groups in total. The van der Waals surface area contributed by atoms with Gasteiger partial charge in [-0.3, -0.25) is 0 Å². The number of aliphatic hydroxyl groups excluding tert-OH is 1. The van der Waals surface area contributed by atoms with E-state index in [0.717, 1.165) is 39.1 Å².